The van der Waals surface area contributed by atoms with Crippen LogP contribution in [-0.4, -0.2) is 45.4 Å². The van der Waals surface area contributed by atoms with Crippen molar-refractivity contribution in [2.75, 3.05) is 32.8 Å². The summed E-state index contributed by atoms with van der Waals surface area (Å²) in [5, 5.41) is 2.69. The van der Waals surface area contributed by atoms with Crippen LogP contribution in [0.25, 0.3) is 0 Å². The molecule has 0 fully saturated rings. The summed E-state index contributed by atoms with van der Waals surface area (Å²) in [5.41, 5.74) is 0.678. The van der Waals surface area contributed by atoms with Crippen molar-refractivity contribution in [2.45, 2.75) is 13.0 Å². The van der Waals surface area contributed by atoms with Crippen molar-refractivity contribution in [2.24, 2.45) is 0 Å². The van der Waals surface area contributed by atoms with Gasteiger partial charge >= 0.3 is 5.97 Å². The van der Waals surface area contributed by atoms with Crippen molar-refractivity contribution in [3.8, 4) is 23.0 Å². The number of methoxy groups -OCH3 is 2. The van der Waals surface area contributed by atoms with Gasteiger partial charge in [-0.05, 0) is 37.3 Å². The van der Waals surface area contributed by atoms with Gasteiger partial charge in [0.05, 0.1) is 14.2 Å². The van der Waals surface area contributed by atoms with E-state index in [0.29, 0.717) is 41.9 Å². The van der Waals surface area contributed by atoms with E-state index in [2.05, 4.69) is 5.32 Å². The predicted octanol–water partition coefficient (Wildman–Crippen LogP) is 2.66. The third kappa shape index (κ3) is 4.28. The number of esters is 1. The number of fused-ring (bicyclic) bond motifs is 1. The second kappa shape index (κ2) is 8.51. The van der Waals surface area contributed by atoms with Gasteiger partial charge in [-0.25, -0.2) is 4.79 Å². The molecular weight excluding hydrogens is 366 g/mol. The minimum absolute atomic E-state index is 0.167. The Bertz CT molecular complexity index is 881. The van der Waals surface area contributed by atoms with Gasteiger partial charge in [0.2, 0.25) is 0 Å². The van der Waals surface area contributed by atoms with Gasteiger partial charge in [-0.3, -0.25) is 4.79 Å². The fraction of sp³-hybridized carbons (Fsp3) is 0.300. The zero-order valence-corrected chi connectivity index (χ0v) is 15.8. The maximum atomic E-state index is 12.5. The molecule has 2 aromatic carbocycles. The third-order valence-electron chi connectivity index (χ3n) is 4.09. The van der Waals surface area contributed by atoms with Gasteiger partial charge in [0.25, 0.3) is 5.91 Å². The summed E-state index contributed by atoms with van der Waals surface area (Å²) < 4.78 is 26.5. The van der Waals surface area contributed by atoms with Gasteiger partial charge in [-0.15, -0.1) is 0 Å². The Morgan fingerprint density at radius 1 is 1.00 bits per heavy atom. The normalized spacial score (nSPS) is 13.2. The molecule has 1 atom stereocenters. The molecule has 1 N–H and O–H groups in total. The number of benzene rings is 2. The average molecular weight is 387 g/mol. The zero-order chi connectivity index (χ0) is 20.1. The molecule has 3 rings (SSSR count). The molecule has 0 radical (unpaired) electrons. The maximum Gasteiger partial charge on any atom is 0.342 e. The Hall–Kier alpha value is -3.42. The maximum absolute atomic E-state index is 12.5. The van der Waals surface area contributed by atoms with Gasteiger partial charge < -0.3 is 29.0 Å². The smallest absolute Gasteiger partial charge is 0.342 e. The molecule has 8 heteroatoms. The minimum atomic E-state index is -1.03. The van der Waals surface area contributed by atoms with Crippen molar-refractivity contribution in [1.29, 1.82) is 0 Å². The van der Waals surface area contributed by atoms with E-state index in [-0.39, 0.29) is 5.56 Å². The molecule has 1 unspecified atom stereocenters. The molecule has 0 saturated carbocycles. The number of amides is 1. The van der Waals surface area contributed by atoms with Crippen molar-refractivity contribution < 1.29 is 33.3 Å². The molecule has 1 amide bonds. The number of nitrogens with one attached hydrogen (secondary N) is 1. The van der Waals surface area contributed by atoms with Crippen molar-refractivity contribution >= 4 is 17.6 Å². The quantitative estimate of drug-likeness (QED) is 0.762. The Kier molecular flexibility index (Phi) is 5.88. The van der Waals surface area contributed by atoms with Crippen LogP contribution in [0.15, 0.2) is 36.4 Å². The average Bonchev–Trinajstić information content (AvgIpc) is 2.72. The van der Waals surface area contributed by atoms with Crippen LogP contribution in [0.3, 0.4) is 0 Å². The van der Waals surface area contributed by atoms with Crippen molar-refractivity contribution in [3.63, 3.8) is 0 Å². The van der Waals surface area contributed by atoms with Gasteiger partial charge in [-0.1, -0.05) is 0 Å². The van der Waals surface area contributed by atoms with Crippen LogP contribution in [0.5, 0.6) is 23.0 Å². The van der Waals surface area contributed by atoms with E-state index in [1.807, 2.05) is 0 Å². The molecular formula is C20H21NO7. The number of anilines is 1. The van der Waals surface area contributed by atoms with Crippen LogP contribution >= 0.6 is 0 Å². The largest absolute Gasteiger partial charge is 0.497 e. The lowest BCUT2D eigenvalue weighted by Crippen LogP contribution is -2.30. The number of rotatable bonds is 6. The lowest BCUT2D eigenvalue weighted by Gasteiger charge is -2.19. The van der Waals surface area contributed by atoms with Gasteiger partial charge in [0.15, 0.2) is 17.6 Å². The molecule has 0 aliphatic carbocycles. The summed E-state index contributed by atoms with van der Waals surface area (Å²) in [5.74, 6) is 0.794. The first kappa shape index (κ1) is 19.3. The highest BCUT2D eigenvalue weighted by molar-refractivity contribution is 5.98. The molecule has 0 spiro atoms. The van der Waals surface area contributed by atoms with Crippen LogP contribution in [0.1, 0.15) is 17.3 Å². The zero-order valence-electron chi connectivity index (χ0n) is 15.8. The molecule has 1 aliphatic heterocycles. The Balaban J connectivity index is 1.66. The Labute approximate surface area is 162 Å². The first-order chi connectivity index (χ1) is 13.5. The Morgan fingerprint density at radius 3 is 2.46 bits per heavy atom. The van der Waals surface area contributed by atoms with Crippen LogP contribution in [0.2, 0.25) is 0 Å². The van der Waals surface area contributed by atoms with E-state index in [9.17, 15) is 9.59 Å². The molecule has 28 heavy (non-hydrogen) atoms. The van der Waals surface area contributed by atoms with Crippen LogP contribution in [0.4, 0.5) is 5.69 Å². The fourth-order valence-electron chi connectivity index (χ4n) is 2.62. The van der Waals surface area contributed by atoms with Gasteiger partial charge in [-0.2, -0.15) is 0 Å². The second-order valence-electron chi connectivity index (χ2n) is 5.96. The second-order valence-corrected chi connectivity index (χ2v) is 5.96. The first-order valence-electron chi connectivity index (χ1n) is 8.65. The summed E-state index contributed by atoms with van der Waals surface area (Å²) >= 11 is 0. The molecule has 148 valence electrons. The summed E-state index contributed by atoms with van der Waals surface area (Å²) in [4.78, 5) is 24.9. The van der Waals surface area contributed by atoms with Crippen LogP contribution < -0.4 is 24.3 Å². The summed E-state index contributed by atoms with van der Waals surface area (Å²) in [7, 11) is 2.93. The Morgan fingerprint density at radius 2 is 1.75 bits per heavy atom. The number of carbonyl (C=O) groups is 2. The van der Waals surface area contributed by atoms with Gasteiger partial charge in [0.1, 0.15) is 30.3 Å². The van der Waals surface area contributed by atoms with Crippen molar-refractivity contribution in [3.05, 3.63) is 42.0 Å². The summed E-state index contributed by atoms with van der Waals surface area (Å²) in [6.45, 7) is 2.41. The standard InChI is InChI=1S/C20H21NO7/c1-12(28-20(23)15-11-14(24-2)5-7-16(15)25-3)19(22)21-13-4-6-17-18(10-13)27-9-8-26-17/h4-7,10-12H,8-9H2,1-3H3,(H,21,22). The van der Waals surface area contributed by atoms with E-state index >= 15 is 0 Å². The highest BCUT2D eigenvalue weighted by atomic mass is 16.6. The van der Waals surface area contributed by atoms with E-state index in [0.717, 1.165) is 0 Å². The lowest BCUT2D eigenvalue weighted by atomic mass is 10.2. The number of ether oxygens (including phenoxy) is 5. The molecule has 1 aliphatic rings. The molecule has 0 saturated heterocycles. The summed E-state index contributed by atoms with van der Waals surface area (Å²) in [6.07, 6.45) is -1.03. The lowest BCUT2D eigenvalue weighted by molar-refractivity contribution is -0.123. The molecule has 2 aromatic rings. The van der Waals surface area contributed by atoms with Crippen molar-refractivity contribution in [1.82, 2.24) is 0 Å². The highest BCUT2D eigenvalue weighted by Gasteiger charge is 2.23. The number of hydrogen-bond donors (Lipinski definition) is 1. The third-order valence-corrected chi connectivity index (χ3v) is 4.09. The highest BCUT2D eigenvalue weighted by Crippen LogP contribution is 2.32. The number of hydrogen-bond acceptors (Lipinski definition) is 7. The predicted molar refractivity (Wildman–Crippen MR) is 100 cm³/mol. The SMILES string of the molecule is COc1ccc(OC)c(C(=O)OC(C)C(=O)Nc2ccc3c(c2)OCCO3)c1. The monoisotopic (exact) mass is 387 g/mol. The van der Waals surface area contributed by atoms with Crippen LogP contribution in [-0.2, 0) is 9.53 Å². The van der Waals surface area contributed by atoms with E-state index < -0.39 is 18.0 Å². The fourth-order valence-corrected chi connectivity index (χ4v) is 2.62. The minimum Gasteiger partial charge on any atom is -0.497 e. The van der Waals surface area contributed by atoms with E-state index in [1.165, 1.54) is 27.2 Å². The number of carbonyl (C=O) groups excluding carboxylic acids is 2. The van der Waals surface area contributed by atoms with Gasteiger partial charge in [0, 0.05) is 11.8 Å². The van der Waals surface area contributed by atoms with E-state index in [1.54, 1.807) is 30.3 Å². The molecule has 0 bridgehead atoms. The summed E-state index contributed by atoms with van der Waals surface area (Å²) in [6, 6.07) is 9.80. The molecule has 0 aromatic heterocycles. The molecule has 1 heterocycles. The molecule has 8 nitrogen and oxygen atoms in total. The van der Waals surface area contributed by atoms with Crippen LogP contribution in [0, 0.1) is 0 Å². The topological polar surface area (TPSA) is 92.3 Å². The first-order valence-corrected chi connectivity index (χ1v) is 8.65. The van der Waals surface area contributed by atoms with E-state index in [4.69, 9.17) is 23.7 Å².